The fraction of sp³-hybridized carbons (Fsp3) is 0.381. The molecule has 1 saturated heterocycles. The third-order valence-corrected chi connectivity index (χ3v) is 7.03. The molecule has 5 nitrogen and oxygen atoms in total. The number of halogens is 1. The Hall–Kier alpha value is -2.25. The fourth-order valence-electron chi connectivity index (χ4n) is 3.31. The van der Waals surface area contributed by atoms with Crippen molar-refractivity contribution in [2.45, 2.75) is 38.2 Å². The molecule has 0 saturated carbocycles. The molecule has 0 unspecified atom stereocenters. The average molecular weight is 405 g/mol. The van der Waals surface area contributed by atoms with Crippen LogP contribution in [0.4, 0.5) is 4.39 Å². The van der Waals surface area contributed by atoms with Crippen LogP contribution >= 0.6 is 0 Å². The molecule has 7 heteroatoms. The van der Waals surface area contributed by atoms with Gasteiger partial charge in [0.1, 0.15) is 12.4 Å². The van der Waals surface area contributed by atoms with E-state index in [0.717, 1.165) is 28.8 Å². The minimum absolute atomic E-state index is 0.0600. The Morgan fingerprint density at radius 1 is 1.11 bits per heavy atom. The zero-order valence-corrected chi connectivity index (χ0v) is 16.8. The molecule has 0 radical (unpaired) electrons. The second-order valence-electron chi connectivity index (χ2n) is 7.17. The number of esters is 1. The van der Waals surface area contributed by atoms with Gasteiger partial charge in [0.2, 0.25) is 10.0 Å². The van der Waals surface area contributed by atoms with E-state index in [2.05, 4.69) is 0 Å². The number of sulfonamides is 1. The number of carbonyl (C=O) groups excluding carboxylic acids is 1. The number of piperidine rings is 1. The molecule has 1 heterocycles. The maximum Gasteiger partial charge on any atom is 0.309 e. The van der Waals surface area contributed by atoms with Gasteiger partial charge < -0.3 is 4.74 Å². The smallest absolute Gasteiger partial charge is 0.309 e. The van der Waals surface area contributed by atoms with Gasteiger partial charge in [-0.2, -0.15) is 4.31 Å². The Bertz CT molecular complexity index is 949. The highest BCUT2D eigenvalue weighted by molar-refractivity contribution is 7.89. The van der Waals surface area contributed by atoms with E-state index in [4.69, 9.17) is 4.74 Å². The van der Waals surface area contributed by atoms with Crippen molar-refractivity contribution in [3.05, 3.63) is 65.0 Å². The van der Waals surface area contributed by atoms with E-state index in [1.54, 1.807) is 0 Å². The topological polar surface area (TPSA) is 63.7 Å². The first-order chi connectivity index (χ1) is 13.3. The van der Waals surface area contributed by atoms with E-state index < -0.39 is 15.8 Å². The molecule has 28 heavy (non-hydrogen) atoms. The van der Waals surface area contributed by atoms with E-state index in [-0.39, 0.29) is 36.5 Å². The molecule has 0 aromatic heterocycles. The summed E-state index contributed by atoms with van der Waals surface area (Å²) in [6.07, 6.45) is 0.818. The van der Waals surface area contributed by atoms with Crippen LogP contribution in [0.25, 0.3) is 0 Å². The highest BCUT2D eigenvalue weighted by Crippen LogP contribution is 2.25. The molecule has 2 aromatic rings. The van der Waals surface area contributed by atoms with Gasteiger partial charge in [0.15, 0.2) is 0 Å². The van der Waals surface area contributed by atoms with Crippen molar-refractivity contribution in [1.82, 2.24) is 4.31 Å². The number of nitrogens with zero attached hydrogens (tertiary/aromatic N) is 1. The Balaban J connectivity index is 1.56. The molecule has 0 N–H and O–H groups in total. The molecule has 0 bridgehead atoms. The summed E-state index contributed by atoms with van der Waals surface area (Å²) in [5.41, 5.74) is 3.15. The molecular weight excluding hydrogens is 381 g/mol. The monoisotopic (exact) mass is 405 g/mol. The first-order valence-electron chi connectivity index (χ1n) is 9.26. The van der Waals surface area contributed by atoms with Gasteiger partial charge in [-0.05, 0) is 62.1 Å². The molecule has 3 rings (SSSR count). The molecule has 0 amide bonds. The first kappa shape index (κ1) is 20.5. The number of rotatable bonds is 5. The zero-order valence-electron chi connectivity index (χ0n) is 16.0. The van der Waals surface area contributed by atoms with Crippen molar-refractivity contribution < 1.29 is 22.3 Å². The van der Waals surface area contributed by atoms with Crippen molar-refractivity contribution >= 4 is 16.0 Å². The maximum absolute atomic E-state index is 13.0. The minimum atomic E-state index is -3.68. The zero-order chi connectivity index (χ0) is 20.3. The van der Waals surface area contributed by atoms with Crippen LogP contribution in [0.5, 0.6) is 0 Å². The number of benzene rings is 2. The standard InChI is InChI=1S/C21H24FNO4S/c1-15-3-4-16(2)18(13-15)14-27-21(24)17-9-11-23(12-10-17)28(25,26)20-7-5-19(22)6-8-20/h3-8,13,17H,9-12,14H2,1-2H3. The quantitative estimate of drug-likeness (QED) is 0.713. The third kappa shape index (κ3) is 4.59. The summed E-state index contributed by atoms with van der Waals surface area (Å²) < 4.78 is 45.1. The molecule has 0 aliphatic carbocycles. The number of aryl methyl sites for hydroxylation is 2. The van der Waals surface area contributed by atoms with Crippen LogP contribution in [0.2, 0.25) is 0 Å². The number of hydrogen-bond donors (Lipinski definition) is 0. The third-order valence-electron chi connectivity index (χ3n) is 5.11. The van der Waals surface area contributed by atoms with Crippen molar-refractivity contribution in [3.8, 4) is 0 Å². The fourth-order valence-corrected chi connectivity index (χ4v) is 4.78. The highest BCUT2D eigenvalue weighted by atomic mass is 32.2. The normalized spacial score (nSPS) is 16.1. The molecule has 1 aliphatic heterocycles. The molecule has 1 fully saturated rings. The van der Waals surface area contributed by atoms with Gasteiger partial charge in [-0.1, -0.05) is 23.8 Å². The van der Waals surface area contributed by atoms with E-state index in [9.17, 15) is 17.6 Å². The van der Waals surface area contributed by atoms with Gasteiger partial charge in [-0.15, -0.1) is 0 Å². The number of hydrogen-bond acceptors (Lipinski definition) is 4. The lowest BCUT2D eigenvalue weighted by Gasteiger charge is -2.30. The SMILES string of the molecule is Cc1ccc(C)c(COC(=O)C2CCN(S(=O)(=O)c3ccc(F)cc3)CC2)c1. The van der Waals surface area contributed by atoms with E-state index in [0.29, 0.717) is 12.8 Å². The largest absolute Gasteiger partial charge is 0.461 e. The van der Waals surface area contributed by atoms with Gasteiger partial charge in [-0.25, -0.2) is 12.8 Å². The molecule has 2 aromatic carbocycles. The predicted molar refractivity (Wildman–Crippen MR) is 104 cm³/mol. The van der Waals surface area contributed by atoms with E-state index in [1.165, 1.54) is 16.4 Å². The van der Waals surface area contributed by atoms with Crippen molar-refractivity contribution in [1.29, 1.82) is 0 Å². The number of ether oxygens (including phenoxy) is 1. The number of carbonyl (C=O) groups is 1. The molecular formula is C21H24FNO4S. The lowest BCUT2D eigenvalue weighted by Crippen LogP contribution is -2.40. The summed E-state index contributed by atoms with van der Waals surface area (Å²) in [4.78, 5) is 12.5. The summed E-state index contributed by atoms with van der Waals surface area (Å²) in [6.45, 7) is 4.66. The van der Waals surface area contributed by atoms with Crippen molar-refractivity contribution in [2.24, 2.45) is 5.92 Å². The lowest BCUT2D eigenvalue weighted by atomic mass is 9.98. The minimum Gasteiger partial charge on any atom is -0.461 e. The Morgan fingerprint density at radius 2 is 1.75 bits per heavy atom. The van der Waals surface area contributed by atoms with Gasteiger partial charge in [0.05, 0.1) is 10.8 Å². The molecule has 150 valence electrons. The van der Waals surface area contributed by atoms with Crippen LogP contribution in [0.3, 0.4) is 0 Å². The highest BCUT2D eigenvalue weighted by Gasteiger charge is 2.32. The van der Waals surface area contributed by atoms with Crippen molar-refractivity contribution in [3.63, 3.8) is 0 Å². The second kappa shape index (κ2) is 8.41. The van der Waals surface area contributed by atoms with Crippen LogP contribution in [-0.2, 0) is 26.2 Å². The van der Waals surface area contributed by atoms with Crippen LogP contribution < -0.4 is 0 Å². The van der Waals surface area contributed by atoms with Crippen molar-refractivity contribution in [2.75, 3.05) is 13.1 Å². The average Bonchev–Trinajstić information content (AvgIpc) is 2.69. The van der Waals surface area contributed by atoms with Gasteiger partial charge >= 0.3 is 5.97 Å². The Labute approximate surface area is 165 Å². The Kier molecular flexibility index (Phi) is 6.15. The van der Waals surface area contributed by atoms with Crippen LogP contribution in [-0.4, -0.2) is 31.8 Å². The van der Waals surface area contributed by atoms with Gasteiger partial charge in [0.25, 0.3) is 0 Å². The van der Waals surface area contributed by atoms with Crippen LogP contribution in [0.1, 0.15) is 29.5 Å². The summed E-state index contributed by atoms with van der Waals surface area (Å²) in [6, 6.07) is 10.8. The second-order valence-corrected chi connectivity index (χ2v) is 9.11. The summed E-state index contributed by atoms with van der Waals surface area (Å²) in [7, 11) is -3.68. The van der Waals surface area contributed by atoms with Gasteiger partial charge in [0, 0.05) is 13.1 Å². The van der Waals surface area contributed by atoms with Crippen LogP contribution in [0.15, 0.2) is 47.4 Å². The summed E-state index contributed by atoms with van der Waals surface area (Å²) in [5.74, 6) is -1.09. The molecule has 1 aliphatic rings. The van der Waals surface area contributed by atoms with E-state index in [1.807, 2.05) is 32.0 Å². The summed E-state index contributed by atoms with van der Waals surface area (Å²) >= 11 is 0. The first-order valence-corrected chi connectivity index (χ1v) is 10.7. The Morgan fingerprint density at radius 3 is 2.39 bits per heavy atom. The predicted octanol–water partition coefficient (Wildman–Crippen LogP) is 3.59. The lowest BCUT2D eigenvalue weighted by molar-refractivity contribution is -0.151. The van der Waals surface area contributed by atoms with E-state index >= 15 is 0 Å². The summed E-state index contributed by atoms with van der Waals surface area (Å²) in [5, 5.41) is 0. The molecule has 0 spiro atoms. The maximum atomic E-state index is 13.0. The van der Waals surface area contributed by atoms with Crippen LogP contribution in [0, 0.1) is 25.6 Å². The van der Waals surface area contributed by atoms with Gasteiger partial charge in [-0.3, -0.25) is 4.79 Å². The molecule has 0 atom stereocenters.